The summed E-state index contributed by atoms with van der Waals surface area (Å²) in [5.41, 5.74) is 1.36. The molecule has 1 aromatic heterocycles. The highest BCUT2D eigenvalue weighted by Gasteiger charge is 2.35. The lowest BCUT2D eigenvalue weighted by Gasteiger charge is -2.36. The average Bonchev–Trinajstić information content (AvgIpc) is 3.01. The van der Waals surface area contributed by atoms with Gasteiger partial charge in [-0.05, 0) is 44.6 Å². The van der Waals surface area contributed by atoms with Crippen LogP contribution in [0, 0.1) is 5.92 Å². The zero-order chi connectivity index (χ0) is 11.7. The van der Waals surface area contributed by atoms with Crippen molar-refractivity contribution in [3.63, 3.8) is 0 Å². The number of hydrogen-bond donors (Lipinski definition) is 1. The van der Waals surface area contributed by atoms with Gasteiger partial charge in [-0.1, -0.05) is 12.1 Å². The van der Waals surface area contributed by atoms with E-state index in [1.165, 1.54) is 37.9 Å². The van der Waals surface area contributed by atoms with Crippen LogP contribution in [0.5, 0.6) is 0 Å². The first-order valence-corrected chi connectivity index (χ1v) is 7.00. The highest BCUT2D eigenvalue weighted by atomic mass is 15.4. The van der Waals surface area contributed by atoms with Gasteiger partial charge in [0, 0.05) is 18.5 Å². The molecule has 4 heteroatoms. The molecule has 0 bridgehead atoms. The van der Waals surface area contributed by atoms with E-state index < -0.39 is 0 Å². The Morgan fingerprint density at radius 1 is 1.35 bits per heavy atom. The van der Waals surface area contributed by atoms with Crippen LogP contribution >= 0.6 is 0 Å². The van der Waals surface area contributed by atoms with Crippen molar-refractivity contribution in [2.75, 3.05) is 6.54 Å². The van der Waals surface area contributed by atoms with E-state index in [0.717, 1.165) is 24.9 Å². The molecular formula is C13H22N4. The molecule has 17 heavy (non-hydrogen) atoms. The second kappa shape index (κ2) is 4.77. The van der Waals surface area contributed by atoms with Gasteiger partial charge in [0.25, 0.3) is 0 Å². The molecule has 2 aliphatic rings. The molecule has 0 amide bonds. The Bertz CT molecular complexity index is 369. The van der Waals surface area contributed by atoms with Crippen molar-refractivity contribution in [2.24, 2.45) is 5.92 Å². The molecule has 2 fully saturated rings. The van der Waals surface area contributed by atoms with E-state index in [0.29, 0.717) is 5.92 Å². The molecule has 0 saturated heterocycles. The van der Waals surface area contributed by atoms with E-state index >= 15 is 0 Å². The molecule has 0 aromatic carbocycles. The Labute approximate surface area is 103 Å². The standard InChI is InChI=1S/C13H22N4/c1-2-7-17-13(9-15-16-17)12-6-3-10(12)8-14-11-4-5-11/h9-12,14H,2-8H2,1H3. The summed E-state index contributed by atoms with van der Waals surface area (Å²) < 4.78 is 2.11. The van der Waals surface area contributed by atoms with Crippen LogP contribution in [0.2, 0.25) is 0 Å². The van der Waals surface area contributed by atoms with Gasteiger partial charge >= 0.3 is 0 Å². The number of nitrogens with one attached hydrogen (secondary N) is 1. The second-order valence-corrected chi connectivity index (χ2v) is 5.51. The molecule has 0 aliphatic heterocycles. The summed E-state index contributed by atoms with van der Waals surface area (Å²) in [6.45, 7) is 4.39. The Morgan fingerprint density at radius 3 is 2.88 bits per heavy atom. The maximum Gasteiger partial charge on any atom is 0.0728 e. The van der Waals surface area contributed by atoms with Crippen LogP contribution in [-0.4, -0.2) is 27.6 Å². The maximum atomic E-state index is 4.20. The van der Waals surface area contributed by atoms with Crippen LogP contribution in [0.1, 0.15) is 50.6 Å². The smallest absolute Gasteiger partial charge is 0.0728 e. The van der Waals surface area contributed by atoms with E-state index in [4.69, 9.17) is 0 Å². The maximum absolute atomic E-state index is 4.20. The first-order valence-electron chi connectivity index (χ1n) is 7.00. The van der Waals surface area contributed by atoms with E-state index in [9.17, 15) is 0 Å². The lowest BCUT2D eigenvalue weighted by atomic mass is 9.72. The van der Waals surface area contributed by atoms with Gasteiger partial charge in [-0.3, -0.25) is 0 Å². The van der Waals surface area contributed by atoms with Crippen molar-refractivity contribution in [2.45, 2.75) is 57.5 Å². The monoisotopic (exact) mass is 234 g/mol. The topological polar surface area (TPSA) is 42.7 Å². The van der Waals surface area contributed by atoms with E-state index in [1.54, 1.807) is 0 Å². The Hall–Kier alpha value is -0.900. The van der Waals surface area contributed by atoms with Crippen molar-refractivity contribution in [1.82, 2.24) is 20.3 Å². The molecular weight excluding hydrogens is 212 g/mol. The molecule has 2 atom stereocenters. The van der Waals surface area contributed by atoms with Gasteiger partial charge in [0.15, 0.2) is 0 Å². The van der Waals surface area contributed by atoms with Crippen molar-refractivity contribution >= 4 is 0 Å². The largest absolute Gasteiger partial charge is 0.314 e. The summed E-state index contributed by atoms with van der Waals surface area (Å²) in [5.74, 6) is 1.51. The van der Waals surface area contributed by atoms with E-state index in [1.807, 2.05) is 6.20 Å². The zero-order valence-electron chi connectivity index (χ0n) is 10.6. The quantitative estimate of drug-likeness (QED) is 0.818. The van der Waals surface area contributed by atoms with Crippen LogP contribution in [0.4, 0.5) is 0 Å². The minimum Gasteiger partial charge on any atom is -0.314 e. The number of hydrogen-bond acceptors (Lipinski definition) is 3. The fraction of sp³-hybridized carbons (Fsp3) is 0.846. The number of rotatable bonds is 6. The Kier molecular flexibility index (Phi) is 3.14. The molecule has 2 aliphatic carbocycles. The molecule has 2 saturated carbocycles. The van der Waals surface area contributed by atoms with E-state index in [-0.39, 0.29) is 0 Å². The lowest BCUT2D eigenvalue weighted by Crippen LogP contribution is -2.35. The number of aryl methyl sites for hydroxylation is 1. The average molecular weight is 234 g/mol. The van der Waals surface area contributed by atoms with Gasteiger partial charge in [0.1, 0.15) is 0 Å². The molecule has 4 nitrogen and oxygen atoms in total. The van der Waals surface area contributed by atoms with Crippen LogP contribution in [0.15, 0.2) is 6.20 Å². The van der Waals surface area contributed by atoms with Gasteiger partial charge in [-0.15, -0.1) is 5.10 Å². The second-order valence-electron chi connectivity index (χ2n) is 5.51. The third kappa shape index (κ3) is 2.37. The fourth-order valence-corrected chi connectivity index (χ4v) is 2.75. The summed E-state index contributed by atoms with van der Waals surface area (Å²) in [7, 11) is 0. The van der Waals surface area contributed by atoms with Crippen molar-refractivity contribution < 1.29 is 0 Å². The van der Waals surface area contributed by atoms with Crippen LogP contribution < -0.4 is 5.32 Å². The summed E-state index contributed by atoms with van der Waals surface area (Å²) in [5, 5.41) is 11.9. The predicted octanol–water partition coefficient (Wildman–Crippen LogP) is 1.93. The van der Waals surface area contributed by atoms with Crippen LogP contribution in [0.25, 0.3) is 0 Å². The van der Waals surface area contributed by atoms with E-state index in [2.05, 4.69) is 27.2 Å². The minimum atomic E-state index is 0.697. The van der Waals surface area contributed by atoms with Gasteiger partial charge in [-0.25, -0.2) is 4.68 Å². The van der Waals surface area contributed by atoms with Crippen molar-refractivity contribution in [3.05, 3.63) is 11.9 Å². The minimum absolute atomic E-state index is 0.697. The summed E-state index contributed by atoms with van der Waals surface area (Å²) in [6, 6.07) is 0.829. The first-order chi connectivity index (χ1) is 8.38. The Morgan fingerprint density at radius 2 is 2.24 bits per heavy atom. The third-order valence-electron chi connectivity index (χ3n) is 4.13. The van der Waals surface area contributed by atoms with Gasteiger partial charge in [0.2, 0.25) is 0 Å². The lowest BCUT2D eigenvalue weighted by molar-refractivity contribution is 0.232. The molecule has 1 N–H and O–H groups in total. The summed E-state index contributed by atoms with van der Waals surface area (Å²) >= 11 is 0. The molecule has 0 radical (unpaired) electrons. The van der Waals surface area contributed by atoms with Gasteiger partial charge < -0.3 is 5.32 Å². The molecule has 1 aromatic rings. The number of nitrogens with zero attached hydrogens (tertiary/aromatic N) is 3. The fourth-order valence-electron chi connectivity index (χ4n) is 2.75. The first kappa shape index (κ1) is 11.2. The van der Waals surface area contributed by atoms with Crippen LogP contribution in [-0.2, 0) is 6.54 Å². The molecule has 1 heterocycles. The highest BCUT2D eigenvalue weighted by molar-refractivity contribution is 5.10. The third-order valence-corrected chi connectivity index (χ3v) is 4.13. The number of aromatic nitrogens is 3. The molecule has 0 spiro atoms. The molecule has 3 rings (SSSR count). The Balaban J connectivity index is 1.60. The van der Waals surface area contributed by atoms with Crippen LogP contribution in [0.3, 0.4) is 0 Å². The zero-order valence-corrected chi connectivity index (χ0v) is 10.6. The SMILES string of the molecule is CCCn1nncc1C1CCC1CNC1CC1. The summed E-state index contributed by atoms with van der Waals surface area (Å²) in [6.07, 6.45) is 8.55. The van der Waals surface area contributed by atoms with Crippen molar-refractivity contribution in [3.8, 4) is 0 Å². The predicted molar refractivity (Wildman–Crippen MR) is 66.8 cm³/mol. The summed E-state index contributed by atoms with van der Waals surface area (Å²) in [4.78, 5) is 0. The molecule has 2 unspecified atom stereocenters. The van der Waals surface area contributed by atoms with Gasteiger partial charge in [0.05, 0.1) is 11.9 Å². The normalized spacial score (nSPS) is 28.1. The van der Waals surface area contributed by atoms with Crippen molar-refractivity contribution in [1.29, 1.82) is 0 Å². The highest BCUT2D eigenvalue weighted by Crippen LogP contribution is 2.42. The molecule has 94 valence electrons. The van der Waals surface area contributed by atoms with Gasteiger partial charge in [-0.2, -0.15) is 0 Å².